The molecule has 0 bridgehead atoms. The van der Waals surface area contributed by atoms with Crippen molar-refractivity contribution in [3.63, 3.8) is 0 Å². The average Bonchev–Trinajstić information content (AvgIpc) is 2.71. The molecule has 0 spiro atoms. The zero-order valence-electron chi connectivity index (χ0n) is 17.6. The fourth-order valence-corrected chi connectivity index (χ4v) is 4.08. The van der Waals surface area contributed by atoms with Crippen molar-refractivity contribution < 1.29 is 27.5 Å². The fourth-order valence-electron chi connectivity index (χ4n) is 2.87. The molecule has 10 heteroatoms. The monoisotopic (exact) mass is 468 g/mol. The van der Waals surface area contributed by atoms with Gasteiger partial charge < -0.3 is 14.8 Å². The van der Waals surface area contributed by atoms with Gasteiger partial charge in [0.1, 0.15) is 5.75 Å². The van der Waals surface area contributed by atoms with Crippen LogP contribution in [0.4, 0.5) is 11.4 Å². The average molecular weight is 469 g/mol. The molecule has 31 heavy (non-hydrogen) atoms. The highest BCUT2D eigenvalue weighted by molar-refractivity contribution is 7.92. The maximum Gasteiger partial charge on any atom is 0.340 e. The van der Waals surface area contributed by atoms with Crippen molar-refractivity contribution in [2.24, 2.45) is 0 Å². The highest BCUT2D eigenvalue weighted by atomic mass is 35.5. The van der Waals surface area contributed by atoms with E-state index in [0.29, 0.717) is 17.1 Å². The number of nitrogens with zero attached hydrogens (tertiary/aromatic N) is 1. The number of nitrogens with one attached hydrogen (secondary N) is 1. The summed E-state index contributed by atoms with van der Waals surface area (Å²) in [5, 5.41) is 2.96. The van der Waals surface area contributed by atoms with Crippen LogP contribution in [0.5, 0.6) is 5.75 Å². The van der Waals surface area contributed by atoms with Crippen molar-refractivity contribution in [1.29, 1.82) is 0 Å². The van der Waals surface area contributed by atoms with Crippen molar-refractivity contribution in [3.05, 3.63) is 53.1 Å². The van der Waals surface area contributed by atoms with Gasteiger partial charge in [-0.05, 0) is 43.7 Å². The summed E-state index contributed by atoms with van der Waals surface area (Å²) < 4.78 is 35.8. The van der Waals surface area contributed by atoms with Crippen molar-refractivity contribution in [2.75, 3.05) is 36.1 Å². The van der Waals surface area contributed by atoms with Crippen molar-refractivity contribution >= 4 is 44.9 Å². The number of rotatable bonds is 10. The second-order valence-corrected chi connectivity index (χ2v) is 8.89. The number of anilines is 2. The molecule has 1 amide bonds. The standard InChI is InChI=1S/C21H25ClN2O6S/c1-4-30-21(26)16-8-5-6-9-18(16)23-20(25)10-7-13-24(31(3,27)28)15-11-12-19(29-2)17(22)14-15/h5-6,8-9,11-12,14H,4,7,10,13H2,1-3H3,(H,23,25). The molecule has 0 atom stereocenters. The van der Waals surface area contributed by atoms with E-state index >= 15 is 0 Å². The van der Waals surface area contributed by atoms with Crippen LogP contribution in [-0.4, -0.2) is 46.8 Å². The highest BCUT2D eigenvalue weighted by Crippen LogP contribution is 2.30. The Morgan fingerprint density at radius 2 is 1.87 bits per heavy atom. The van der Waals surface area contributed by atoms with E-state index in [1.807, 2.05) is 0 Å². The molecule has 0 radical (unpaired) electrons. The van der Waals surface area contributed by atoms with Crippen LogP contribution in [0.3, 0.4) is 0 Å². The zero-order chi connectivity index (χ0) is 23.0. The Morgan fingerprint density at radius 1 is 1.16 bits per heavy atom. The summed E-state index contributed by atoms with van der Waals surface area (Å²) in [5.41, 5.74) is 0.970. The van der Waals surface area contributed by atoms with Gasteiger partial charge in [0, 0.05) is 13.0 Å². The predicted molar refractivity (Wildman–Crippen MR) is 120 cm³/mol. The fraction of sp³-hybridized carbons (Fsp3) is 0.333. The number of hydrogen-bond acceptors (Lipinski definition) is 6. The topological polar surface area (TPSA) is 102 Å². The van der Waals surface area contributed by atoms with Gasteiger partial charge in [-0.15, -0.1) is 0 Å². The van der Waals surface area contributed by atoms with Crippen LogP contribution in [0, 0.1) is 0 Å². The Kier molecular flexibility index (Phi) is 8.70. The normalized spacial score (nSPS) is 11.0. The third-order valence-electron chi connectivity index (χ3n) is 4.29. The first-order valence-corrected chi connectivity index (χ1v) is 11.8. The van der Waals surface area contributed by atoms with Crippen LogP contribution < -0.4 is 14.4 Å². The zero-order valence-corrected chi connectivity index (χ0v) is 19.1. The number of hydrogen-bond donors (Lipinski definition) is 1. The molecule has 0 saturated carbocycles. The van der Waals surface area contributed by atoms with E-state index in [-0.39, 0.29) is 42.5 Å². The van der Waals surface area contributed by atoms with E-state index in [0.717, 1.165) is 6.26 Å². The smallest absolute Gasteiger partial charge is 0.340 e. The SMILES string of the molecule is CCOC(=O)c1ccccc1NC(=O)CCCN(c1ccc(OC)c(Cl)c1)S(C)(=O)=O. The van der Waals surface area contributed by atoms with E-state index in [2.05, 4.69) is 5.32 Å². The minimum absolute atomic E-state index is 0.0487. The maximum atomic E-state index is 12.4. The van der Waals surface area contributed by atoms with Crippen molar-refractivity contribution in [2.45, 2.75) is 19.8 Å². The largest absolute Gasteiger partial charge is 0.495 e. The number of carbonyl (C=O) groups is 2. The van der Waals surface area contributed by atoms with Gasteiger partial charge in [-0.1, -0.05) is 23.7 Å². The molecule has 0 aromatic heterocycles. The molecule has 0 fully saturated rings. The second kappa shape index (κ2) is 11.0. The number of esters is 1. The molecule has 0 aliphatic rings. The molecule has 2 aromatic carbocycles. The summed E-state index contributed by atoms with van der Waals surface area (Å²) in [6.45, 7) is 1.99. The molecule has 0 heterocycles. The second-order valence-electron chi connectivity index (χ2n) is 6.57. The van der Waals surface area contributed by atoms with Crippen LogP contribution in [0.25, 0.3) is 0 Å². The molecule has 1 N–H and O–H groups in total. The summed E-state index contributed by atoms with van der Waals surface area (Å²) in [6, 6.07) is 11.2. The lowest BCUT2D eigenvalue weighted by atomic mass is 10.1. The molecular weight excluding hydrogens is 444 g/mol. The van der Waals surface area contributed by atoms with Crippen LogP contribution >= 0.6 is 11.6 Å². The lowest BCUT2D eigenvalue weighted by molar-refractivity contribution is -0.116. The van der Waals surface area contributed by atoms with Gasteiger partial charge in [-0.3, -0.25) is 9.10 Å². The Hall–Kier alpha value is -2.78. The van der Waals surface area contributed by atoms with Crippen molar-refractivity contribution in [1.82, 2.24) is 0 Å². The summed E-state index contributed by atoms with van der Waals surface area (Å²) in [7, 11) is -2.13. The molecule has 168 valence electrons. The number of methoxy groups -OCH3 is 1. The molecule has 8 nitrogen and oxygen atoms in total. The number of carbonyl (C=O) groups excluding carboxylic acids is 2. The first kappa shape index (κ1) is 24.5. The minimum atomic E-state index is -3.59. The van der Waals surface area contributed by atoms with Crippen molar-refractivity contribution in [3.8, 4) is 5.75 Å². The number of halogens is 1. The molecule has 0 unspecified atom stereocenters. The van der Waals surface area contributed by atoms with Crippen LogP contribution in [0.2, 0.25) is 5.02 Å². The first-order chi connectivity index (χ1) is 14.7. The third-order valence-corrected chi connectivity index (χ3v) is 5.77. The van der Waals surface area contributed by atoms with Gasteiger partial charge in [0.05, 0.1) is 41.9 Å². The van der Waals surface area contributed by atoms with Gasteiger partial charge >= 0.3 is 5.97 Å². The van der Waals surface area contributed by atoms with E-state index in [1.165, 1.54) is 17.5 Å². The Balaban J connectivity index is 2.04. The molecular formula is C21H25ClN2O6S. The van der Waals surface area contributed by atoms with Gasteiger partial charge in [-0.2, -0.15) is 0 Å². The predicted octanol–water partition coefficient (Wildman–Crippen LogP) is 3.71. The number of benzene rings is 2. The number of ether oxygens (including phenoxy) is 2. The molecule has 2 rings (SSSR count). The number of para-hydroxylation sites is 1. The summed E-state index contributed by atoms with van der Waals surface area (Å²) in [5.74, 6) is -0.450. The van der Waals surface area contributed by atoms with Gasteiger partial charge in [0.25, 0.3) is 0 Å². The molecule has 0 aliphatic carbocycles. The van der Waals surface area contributed by atoms with Gasteiger partial charge in [0.15, 0.2) is 0 Å². The Labute approximate surface area is 187 Å². The minimum Gasteiger partial charge on any atom is -0.495 e. The van der Waals surface area contributed by atoms with Crippen LogP contribution in [0.15, 0.2) is 42.5 Å². The molecule has 2 aromatic rings. The summed E-state index contributed by atoms with van der Waals surface area (Å²) in [6.07, 6.45) is 1.39. The summed E-state index contributed by atoms with van der Waals surface area (Å²) >= 11 is 6.11. The lowest BCUT2D eigenvalue weighted by Crippen LogP contribution is -2.31. The molecule has 0 aliphatic heterocycles. The number of sulfonamides is 1. The number of amides is 1. The van der Waals surface area contributed by atoms with Gasteiger partial charge in [-0.25, -0.2) is 13.2 Å². The molecule has 0 saturated heterocycles. The van der Waals surface area contributed by atoms with Crippen LogP contribution in [0.1, 0.15) is 30.1 Å². The Bertz CT molecular complexity index is 1040. The first-order valence-electron chi connectivity index (χ1n) is 9.54. The third kappa shape index (κ3) is 6.86. The maximum absolute atomic E-state index is 12.4. The van der Waals surface area contributed by atoms with Gasteiger partial charge in [0.2, 0.25) is 15.9 Å². The quantitative estimate of drug-likeness (QED) is 0.533. The highest BCUT2D eigenvalue weighted by Gasteiger charge is 2.19. The summed E-state index contributed by atoms with van der Waals surface area (Å²) in [4.78, 5) is 24.4. The van der Waals surface area contributed by atoms with E-state index in [1.54, 1.807) is 43.3 Å². The lowest BCUT2D eigenvalue weighted by Gasteiger charge is -2.23. The Morgan fingerprint density at radius 3 is 2.48 bits per heavy atom. The van der Waals surface area contributed by atoms with E-state index < -0.39 is 16.0 Å². The van der Waals surface area contributed by atoms with E-state index in [9.17, 15) is 18.0 Å². The van der Waals surface area contributed by atoms with E-state index in [4.69, 9.17) is 21.1 Å². The van der Waals surface area contributed by atoms with Crippen LogP contribution in [-0.2, 0) is 19.6 Å².